The van der Waals surface area contributed by atoms with Gasteiger partial charge in [0.1, 0.15) is 0 Å². The van der Waals surface area contributed by atoms with Crippen molar-refractivity contribution in [2.75, 3.05) is 39.6 Å². The summed E-state index contributed by atoms with van der Waals surface area (Å²) < 4.78 is 4.75. The van der Waals surface area contributed by atoms with Gasteiger partial charge in [-0.05, 0) is 51.9 Å². The van der Waals surface area contributed by atoms with Crippen molar-refractivity contribution >= 4 is 23.5 Å². The molecule has 7 nitrogen and oxygen atoms in total. The van der Waals surface area contributed by atoms with Gasteiger partial charge in [-0.1, -0.05) is 12.1 Å². The molecule has 0 radical (unpaired) electrons. The van der Waals surface area contributed by atoms with Crippen LogP contribution in [0.4, 0.5) is 5.69 Å². The van der Waals surface area contributed by atoms with Gasteiger partial charge in [0.15, 0.2) is 0 Å². The Morgan fingerprint density at radius 2 is 1.63 bits per heavy atom. The number of hydrogen-bond acceptors (Lipinski definition) is 5. The molecule has 0 heterocycles. The number of esters is 1. The van der Waals surface area contributed by atoms with Gasteiger partial charge in [-0.15, -0.1) is 0 Å². The summed E-state index contributed by atoms with van der Waals surface area (Å²) in [7, 11) is 5.24. The molecule has 2 rings (SSSR count). The number of hydrogen-bond donors (Lipinski definition) is 2. The van der Waals surface area contributed by atoms with Crippen LogP contribution in [-0.2, 0) is 14.3 Å². The van der Waals surface area contributed by atoms with Crippen LogP contribution in [0.15, 0.2) is 24.3 Å². The van der Waals surface area contributed by atoms with Gasteiger partial charge in [0.2, 0.25) is 11.8 Å². The maximum Gasteiger partial charge on any atom is 0.339 e. The second-order valence-electron chi connectivity index (χ2n) is 7.17. The third-order valence-electron chi connectivity index (χ3n) is 4.92. The molecule has 0 bridgehead atoms. The summed E-state index contributed by atoms with van der Waals surface area (Å²) >= 11 is 0. The molecule has 2 N–H and O–H groups in total. The summed E-state index contributed by atoms with van der Waals surface area (Å²) in [5, 5.41) is 5.80. The van der Waals surface area contributed by atoms with Crippen molar-refractivity contribution in [3.63, 3.8) is 0 Å². The molecule has 2 amide bonds. The Kier molecular flexibility index (Phi) is 7.79. The van der Waals surface area contributed by atoms with Crippen molar-refractivity contribution in [3.8, 4) is 0 Å². The molecule has 0 unspecified atom stereocenters. The number of methoxy groups -OCH3 is 1. The summed E-state index contributed by atoms with van der Waals surface area (Å²) in [4.78, 5) is 38.6. The highest BCUT2D eigenvalue weighted by molar-refractivity contribution is 6.01. The predicted octanol–water partition coefficient (Wildman–Crippen LogP) is 1.90. The van der Waals surface area contributed by atoms with Crippen LogP contribution in [0.25, 0.3) is 0 Å². The zero-order chi connectivity index (χ0) is 19.8. The summed E-state index contributed by atoms with van der Waals surface area (Å²) in [6.07, 6.45) is 2.73. The van der Waals surface area contributed by atoms with Crippen molar-refractivity contribution in [2.24, 2.45) is 11.8 Å². The molecule has 0 saturated heterocycles. The van der Waals surface area contributed by atoms with Crippen LogP contribution in [0.3, 0.4) is 0 Å². The minimum atomic E-state index is -0.482. The Bertz CT molecular complexity index is 667. The van der Waals surface area contributed by atoms with Crippen LogP contribution in [0, 0.1) is 11.8 Å². The first-order valence-corrected chi connectivity index (χ1v) is 9.33. The van der Waals surface area contributed by atoms with Crippen LogP contribution in [-0.4, -0.2) is 57.0 Å². The fourth-order valence-corrected chi connectivity index (χ4v) is 3.28. The summed E-state index contributed by atoms with van der Waals surface area (Å²) in [6, 6.07) is 6.80. The number of likely N-dealkylation sites (N-methyl/N-ethyl adjacent to an activating group) is 1. The van der Waals surface area contributed by atoms with E-state index in [2.05, 4.69) is 10.6 Å². The van der Waals surface area contributed by atoms with E-state index < -0.39 is 5.97 Å². The quantitative estimate of drug-likeness (QED) is 0.711. The van der Waals surface area contributed by atoms with Crippen LogP contribution >= 0.6 is 0 Å². The van der Waals surface area contributed by atoms with E-state index in [4.69, 9.17) is 4.74 Å². The van der Waals surface area contributed by atoms with Crippen molar-refractivity contribution in [1.82, 2.24) is 10.2 Å². The van der Waals surface area contributed by atoms with Crippen molar-refractivity contribution in [2.45, 2.75) is 25.7 Å². The van der Waals surface area contributed by atoms with Crippen molar-refractivity contribution in [1.29, 1.82) is 0 Å². The van der Waals surface area contributed by atoms with E-state index in [1.165, 1.54) is 7.11 Å². The summed E-state index contributed by atoms with van der Waals surface area (Å²) in [5.41, 5.74) is 0.792. The number of carbonyl (C=O) groups excluding carboxylic acids is 3. The van der Waals surface area contributed by atoms with E-state index in [9.17, 15) is 14.4 Å². The third kappa shape index (κ3) is 6.06. The molecule has 0 aliphatic heterocycles. The topological polar surface area (TPSA) is 87.7 Å². The first-order valence-electron chi connectivity index (χ1n) is 9.33. The smallest absolute Gasteiger partial charge is 0.339 e. The van der Waals surface area contributed by atoms with Gasteiger partial charge in [-0.2, -0.15) is 0 Å². The molecule has 0 spiro atoms. The molecule has 1 aliphatic carbocycles. The highest BCUT2D eigenvalue weighted by Gasteiger charge is 2.30. The number of anilines is 1. The Labute approximate surface area is 160 Å². The molecule has 1 aliphatic rings. The van der Waals surface area contributed by atoms with E-state index in [-0.39, 0.29) is 23.7 Å². The van der Waals surface area contributed by atoms with Gasteiger partial charge in [-0.3, -0.25) is 9.59 Å². The largest absolute Gasteiger partial charge is 0.465 e. The van der Waals surface area contributed by atoms with Gasteiger partial charge < -0.3 is 20.3 Å². The highest BCUT2D eigenvalue weighted by atomic mass is 16.5. The molecule has 7 heteroatoms. The standard InChI is InChI=1S/C20H29N3O4/c1-23(2)13-12-21-18(24)14-8-10-15(11-9-14)19(25)22-17-7-5-4-6-16(17)20(26)27-3/h4-7,14-15H,8-13H2,1-3H3,(H,21,24)(H,22,25). The van der Waals surface area contributed by atoms with Crippen LogP contribution in [0.1, 0.15) is 36.0 Å². The molecular weight excluding hydrogens is 346 g/mol. The minimum Gasteiger partial charge on any atom is -0.465 e. The van der Waals surface area contributed by atoms with Gasteiger partial charge in [-0.25, -0.2) is 4.79 Å². The highest BCUT2D eigenvalue weighted by Crippen LogP contribution is 2.30. The van der Waals surface area contributed by atoms with E-state index >= 15 is 0 Å². The number of para-hydroxylation sites is 1. The molecule has 1 aromatic rings. The summed E-state index contributed by atoms with van der Waals surface area (Å²) in [5.74, 6) is -0.700. The fraction of sp³-hybridized carbons (Fsp3) is 0.550. The van der Waals surface area contributed by atoms with Crippen molar-refractivity contribution < 1.29 is 19.1 Å². The lowest BCUT2D eigenvalue weighted by Crippen LogP contribution is -2.38. The molecule has 1 saturated carbocycles. The second kappa shape index (κ2) is 10.1. The first-order chi connectivity index (χ1) is 12.9. The summed E-state index contributed by atoms with van der Waals surface area (Å²) in [6.45, 7) is 1.44. The Hall–Kier alpha value is -2.41. The van der Waals surface area contributed by atoms with Gasteiger partial charge in [0.25, 0.3) is 0 Å². The molecule has 1 fully saturated rings. The maximum atomic E-state index is 12.6. The SMILES string of the molecule is COC(=O)c1ccccc1NC(=O)C1CCC(C(=O)NCCN(C)C)CC1. The van der Waals surface area contributed by atoms with Gasteiger partial charge >= 0.3 is 5.97 Å². The van der Waals surface area contributed by atoms with Crippen LogP contribution in [0.5, 0.6) is 0 Å². The minimum absolute atomic E-state index is 0.0291. The third-order valence-corrected chi connectivity index (χ3v) is 4.92. The zero-order valence-corrected chi connectivity index (χ0v) is 16.3. The monoisotopic (exact) mass is 375 g/mol. The Morgan fingerprint density at radius 1 is 1.04 bits per heavy atom. The Morgan fingerprint density at radius 3 is 2.22 bits per heavy atom. The normalized spacial score (nSPS) is 19.4. The lowest BCUT2D eigenvalue weighted by molar-refractivity contribution is -0.128. The first kappa shape index (κ1) is 20.9. The van der Waals surface area contributed by atoms with Gasteiger partial charge in [0.05, 0.1) is 18.4 Å². The molecule has 0 atom stereocenters. The maximum absolute atomic E-state index is 12.6. The van der Waals surface area contributed by atoms with Crippen LogP contribution in [0.2, 0.25) is 0 Å². The van der Waals surface area contributed by atoms with E-state index in [1.807, 2.05) is 19.0 Å². The Balaban J connectivity index is 1.85. The number of ether oxygens (including phenoxy) is 1. The molecule has 27 heavy (non-hydrogen) atoms. The number of rotatable bonds is 7. The van der Waals surface area contributed by atoms with E-state index in [0.29, 0.717) is 43.5 Å². The molecule has 0 aromatic heterocycles. The van der Waals surface area contributed by atoms with Crippen molar-refractivity contribution in [3.05, 3.63) is 29.8 Å². The average molecular weight is 375 g/mol. The number of benzene rings is 1. The number of carbonyl (C=O) groups is 3. The number of amides is 2. The second-order valence-corrected chi connectivity index (χ2v) is 7.17. The molecular formula is C20H29N3O4. The average Bonchev–Trinajstić information content (AvgIpc) is 2.67. The number of nitrogens with zero attached hydrogens (tertiary/aromatic N) is 1. The van der Waals surface area contributed by atoms with E-state index in [0.717, 1.165) is 6.54 Å². The predicted molar refractivity (Wildman–Crippen MR) is 103 cm³/mol. The van der Waals surface area contributed by atoms with Gasteiger partial charge in [0, 0.05) is 24.9 Å². The van der Waals surface area contributed by atoms with E-state index in [1.54, 1.807) is 24.3 Å². The lowest BCUT2D eigenvalue weighted by Gasteiger charge is -2.27. The number of nitrogens with one attached hydrogen (secondary N) is 2. The molecule has 1 aromatic carbocycles. The fourth-order valence-electron chi connectivity index (χ4n) is 3.28. The molecule has 148 valence electrons. The van der Waals surface area contributed by atoms with Crippen LogP contribution < -0.4 is 10.6 Å². The zero-order valence-electron chi connectivity index (χ0n) is 16.3. The lowest BCUT2D eigenvalue weighted by atomic mass is 9.81.